The summed E-state index contributed by atoms with van der Waals surface area (Å²) in [6.07, 6.45) is 0. The molecule has 1 aromatic carbocycles. The minimum absolute atomic E-state index is 1.32. The summed E-state index contributed by atoms with van der Waals surface area (Å²) in [5.41, 5.74) is -1.33. The molecule has 0 aliphatic rings. The molecule has 0 fully saturated rings. The van der Waals surface area contributed by atoms with E-state index in [0.29, 0.717) is 0 Å². The smallest absolute Gasteiger partial charge is 0.217 e. The molecule has 10 heteroatoms. The normalized spacial score (nSPS) is 11.8. The van der Waals surface area contributed by atoms with Crippen LogP contribution in [0.15, 0.2) is 4.74 Å². The van der Waals surface area contributed by atoms with Gasteiger partial charge in [0.25, 0.3) is 0 Å². The number of halogens is 8. The van der Waals surface area contributed by atoms with Crippen LogP contribution < -0.4 is 0 Å². The fourth-order valence-corrected chi connectivity index (χ4v) is 2.04. The van der Waals surface area contributed by atoms with E-state index in [1.807, 2.05) is 0 Å². The third-order valence-electron chi connectivity index (χ3n) is 1.40. The van der Waals surface area contributed by atoms with Gasteiger partial charge in [0.05, 0.1) is 0 Å². The first-order valence-electron chi connectivity index (χ1n) is 3.38. The second-order valence-corrected chi connectivity index (χ2v) is 9.81. The summed E-state index contributed by atoms with van der Waals surface area (Å²) in [6, 6.07) is 0. The fraction of sp³-hybridized carbons (Fsp3) is 0. The zero-order valence-electron chi connectivity index (χ0n) is 6.92. The molecular weight excluding hydrogens is 335 g/mol. The summed E-state index contributed by atoms with van der Waals surface area (Å²) in [5, 5.41) is -4.88. The minimum Gasteiger partial charge on any atom is -0.217 e. The fourth-order valence-electron chi connectivity index (χ4n) is 0.795. The Balaban J connectivity index is 3.66. The first-order valence-corrected chi connectivity index (χ1v) is 8.21. The van der Waals surface area contributed by atoms with E-state index in [4.69, 9.17) is 45.3 Å². The van der Waals surface area contributed by atoms with Crippen LogP contribution in [0, 0.1) is 23.3 Å². The molecule has 0 unspecified atom stereocenters. The van der Waals surface area contributed by atoms with Crippen molar-refractivity contribution in [2.75, 3.05) is 0 Å². The number of hydrogen-bond donors (Lipinski definition) is 0. The van der Waals surface area contributed by atoms with E-state index in [2.05, 4.69) is 4.74 Å². The Morgan fingerprint density at radius 2 is 1.19 bits per heavy atom. The van der Waals surface area contributed by atoms with Crippen molar-refractivity contribution in [3.63, 3.8) is 0 Å². The van der Waals surface area contributed by atoms with Gasteiger partial charge in [-0.3, -0.25) is 0 Å². The predicted octanol–water partition coefficient (Wildman–Crippen LogP) is 6.19. The molecule has 0 saturated heterocycles. The largest absolute Gasteiger partial charge is 0.229 e. The van der Waals surface area contributed by atoms with Crippen LogP contribution in [0.3, 0.4) is 0 Å². The van der Waals surface area contributed by atoms with Crippen molar-refractivity contribution in [2.45, 2.75) is 0 Å². The Morgan fingerprint density at radius 1 is 0.812 bits per heavy atom. The molecule has 0 bridgehead atoms. The molecule has 16 heavy (non-hydrogen) atoms. The van der Waals surface area contributed by atoms with Gasteiger partial charge in [-0.05, 0) is 33.7 Å². The molecule has 0 N–H and O–H groups in total. The van der Waals surface area contributed by atoms with Gasteiger partial charge >= 0.3 is 0 Å². The average Bonchev–Trinajstić information content (AvgIpc) is 2.17. The van der Waals surface area contributed by atoms with Crippen LogP contribution in [-0.4, -0.2) is 0 Å². The van der Waals surface area contributed by atoms with Crippen LogP contribution >= 0.6 is 50.4 Å². The first kappa shape index (κ1) is 14.4. The Labute approximate surface area is 107 Å². The van der Waals surface area contributed by atoms with Gasteiger partial charge in [-0.1, -0.05) is 11.6 Å². The summed E-state index contributed by atoms with van der Waals surface area (Å²) >= 11 is 20.6. The van der Waals surface area contributed by atoms with Crippen molar-refractivity contribution in [2.24, 2.45) is 4.74 Å². The highest BCUT2D eigenvalue weighted by atomic mass is 36.0. The SMILES string of the molecule is Fc1c(F)c(N=P(Cl)(Cl)Cl)c(F)c(F)c1Cl. The van der Waals surface area contributed by atoms with Crippen molar-refractivity contribution < 1.29 is 17.6 Å². The van der Waals surface area contributed by atoms with E-state index >= 15 is 0 Å². The molecule has 0 radical (unpaired) electrons. The van der Waals surface area contributed by atoms with E-state index in [-0.39, 0.29) is 0 Å². The summed E-state index contributed by atoms with van der Waals surface area (Å²) in [4.78, 5) is 0. The van der Waals surface area contributed by atoms with Gasteiger partial charge in [-0.15, -0.1) is 0 Å². The van der Waals surface area contributed by atoms with Gasteiger partial charge in [-0.25, -0.2) is 22.3 Å². The molecule has 0 heterocycles. The van der Waals surface area contributed by atoms with Crippen LogP contribution in [0.4, 0.5) is 23.2 Å². The van der Waals surface area contributed by atoms with E-state index < -0.39 is 39.1 Å². The van der Waals surface area contributed by atoms with Crippen molar-refractivity contribution in [3.05, 3.63) is 28.3 Å². The van der Waals surface area contributed by atoms with E-state index in [1.54, 1.807) is 0 Å². The van der Waals surface area contributed by atoms with E-state index in [9.17, 15) is 17.6 Å². The first-order chi connectivity index (χ1) is 7.15. The Bertz CT molecular complexity index is 463. The molecule has 0 amide bonds. The van der Waals surface area contributed by atoms with Crippen molar-refractivity contribution in [1.82, 2.24) is 0 Å². The summed E-state index contributed by atoms with van der Waals surface area (Å²) in [6.45, 7) is 0. The van der Waals surface area contributed by atoms with E-state index in [1.165, 1.54) is 0 Å². The molecule has 0 aliphatic carbocycles. The van der Waals surface area contributed by atoms with Crippen LogP contribution in [0.1, 0.15) is 0 Å². The zero-order chi connectivity index (χ0) is 12.7. The van der Waals surface area contributed by atoms with Gasteiger partial charge in [0.1, 0.15) is 10.7 Å². The lowest BCUT2D eigenvalue weighted by atomic mass is 10.2. The molecule has 0 atom stereocenters. The maximum atomic E-state index is 13.1. The molecule has 0 saturated carbocycles. The number of rotatable bonds is 1. The van der Waals surface area contributed by atoms with Gasteiger partial charge in [0.2, 0.25) is 5.11 Å². The summed E-state index contributed by atoms with van der Waals surface area (Å²) in [5.74, 6) is -7.21. The second kappa shape index (κ2) is 4.91. The Morgan fingerprint density at radius 3 is 1.50 bits per heavy atom. The average molecular weight is 335 g/mol. The monoisotopic (exact) mass is 333 g/mol. The number of benzene rings is 1. The van der Waals surface area contributed by atoms with Crippen molar-refractivity contribution in [3.8, 4) is 0 Å². The lowest BCUT2D eigenvalue weighted by molar-refractivity contribution is 0.458. The van der Waals surface area contributed by atoms with Crippen molar-refractivity contribution in [1.29, 1.82) is 0 Å². The molecule has 1 rings (SSSR count). The molecule has 0 aliphatic heterocycles. The predicted molar refractivity (Wildman–Crippen MR) is 57.9 cm³/mol. The Hall–Kier alpha value is 0.330. The quantitative estimate of drug-likeness (QED) is 0.251. The van der Waals surface area contributed by atoms with Gasteiger partial charge in [-0.2, -0.15) is 0 Å². The van der Waals surface area contributed by atoms with Gasteiger partial charge < -0.3 is 0 Å². The third kappa shape index (κ3) is 2.96. The molecular formula is C6Cl4F4NP. The molecule has 0 spiro atoms. The highest BCUT2D eigenvalue weighted by Crippen LogP contribution is 2.67. The number of hydrogen-bond acceptors (Lipinski definition) is 1. The summed E-state index contributed by atoms with van der Waals surface area (Å²) < 4.78 is 55.0. The number of nitrogens with zero attached hydrogens (tertiary/aromatic N) is 1. The third-order valence-corrected chi connectivity index (χ3v) is 2.84. The summed E-state index contributed by atoms with van der Waals surface area (Å²) in [7, 11) is 0. The molecule has 1 aromatic rings. The topological polar surface area (TPSA) is 12.4 Å². The second-order valence-electron chi connectivity index (χ2n) is 2.44. The standard InChI is InChI=1S/C6Cl4F4NP/c7-1-2(11)4(13)6(5(14)3(1)12)15-16(8,9)10. The minimum atomic E-state index is -3.56. The van der Waals surface area contributed by atoms with Gasteiger partial charge in [0.15, 0.2) is 23.3 Å². The molecule has 1 nitrogen and oxygen atoms in total. The van der Waals surface area contributed by atoms with Crippen LogP contribution in [0.25, 0.3) is 0 Å². The lowest BCUT2D eigenvalue weighted by Gasteiger charge is -2.06. The molecule has 0 aromatic heterocycles. The van der Waals surface area contributed by atoms with Crippen LogP contribution in [-0.2, 0) is 0 Å². The van der Waals surface area contributed by atoms with Crippen LogP contribution in [0.5, 0.6) is 0 Å². The van der Waals surface area contributed by atoms with Crippen LogP contribution in [0.2, 0.25) is 5.02 Å². The maximum Gasteiger partial charge on any atom is 0.229 e. The van der Waals surface area contributed by atoms with Crippen molar-refractivity contribution >= 4 is 56.1 Å². The maximum absolute atomic E-state index is 13.1. The molecule has 90 valence electrons. The van der Waals surface area contributed by atoms with E-state index in [0.717, 1.165) is 0 Å². The van der Waals surface area contributed by atoms with Gasteiger partial charge in [0, 0.05) is 0 Å². The highest BCUT2D eigenvalue weighted by molar-refractivity contribution is 8.26. The highest BCUT2D eigenvalue weighted by Gasteiger charge is 2.25. The lowest BCUT2D eigenvalue weighted by Crippen LogP contribution is -1.96. The Kier molecular flexibility index (Phi) is 4.41. The zero-order valence-corrected chi connectivity index (χ0v) is 10.8.